The first-order valence-corrected chi connectivity index (χ1v) is 10.9. The fourth-order valence-electron chi connectivity index (χ4n) is 4.48. The molecule has 0 bridgehead atoms. The lowest BCUT2D eigenvalue weighted by molar-refractivity contribution is 0.407. The Balaban J connectivity index is 1.33. The van der Waals surface area contributed by atoms with E-state index in [1.807, 2.05) is 12.3 Å². The smallest absolute Gasteiger partial charge is 0.0980 e. The van der Waals surface area contributed by atoms with Gasteiger partial charge in [0.2, 0.25) is 0 Å². The maximum Gasteiger partial charge on any atom is 0.0980 e. The zero-order chi connectivity index (χ0) is 21.2. The van der Waals surface area contributed by atoms with E-state index in [0.717, 1.165) is 35.5 Å². The number of aliphatic imine (C=N–C) groups is 1. The minimum atomic E-state index is 0.505. The first kappa shape index (κ1) is 19.6. The molecule has 0 aliphatic carbocycles. The summed E-state index contributed by atoms with van der Waals surface area (Å²) in [5.41, 5.74) is 8.12. The van der Waals surface area contributed by atoms with Crippen molar-refractivity contribution in [1.29, 1.82) is 0 Å². The summed E-state index contributed by atoms with van der Waals surface area (Å²) in [7, 11) is 0. The van der Waals surface area contributed by atoms with Gasteiger partial charge in [0.1, 0.15) is 0 Å². The SMILES string of the molecule is CC1CN(c2ccc(N/C=C3\CN=Cc4ccc(-c5ccoc5)cc43)cc2)CC(C)N1. The van der Waals surface area contributed by atoms with Gasteiger partial charge in [-0.3, -0.25) is 4.99 Å². The van der Waals surface area contributed by atoms with E-state index in [4.69, 9.17) is 4.42 Å². The third kappa shape index (κ3) is 4.28. The van der Waals surface area contributed by atoms with Gasteiger partial charge in [-0.25, -0.2) is 0 Å². The molecular formula is C26H28N4O. The number of anilines is 2. The van der Waals surface area contributed by atoms with Crippen LogP contribution in [0, 0.1) is 0 Å². The minimum absolute atomic E-state index is 0.505. The van der Waals surface area contributed by atoms with E-state index in [1.54, 1.807) is 12.5 Å². The lowest BCUT2D eigenvalue weighted by Crippen LogP contribution is -2.54. The highest BCUT2D eigenvalue weighted by atomic mass is 16.3. The molecule has 2 unspecified atom stereocenters. The van der Waals surface area contributed by atoms with Crippen molar-refractivity contribution >= 4 is 23.2 Å². The van der Waals surface area contributed by atoms with Crippen LogP contribution < -0.4 is 15.5 Å². The maximum atomic E-state index is 5.25. The molecule has 31 heavy (non-hydrogen) atoms. The highest BCUT2D eigenvalue weighted by molar-refractivity contribution is 5.94. The van der Waals surface area contributed by atoms with Gasteiger partial charge in [-0.2, -0.15) is 0 Å². The molecule has 0 spiro atoms. The third-order valence-corrected chi connectivity index (χ3v) is 5.95. The van der Waals surface area contributed by atoms with Crippen LogP contribution in [0.5, 0.6) is 0 Å². The number of hydrogen-bond donors (Lipinski definition) is 2. The van der Waals surface area contributed by atoms with E-state index < -0.39 is 0 Å². The Morgan fingerprint density at radius 3 is 2.58 bits per heavy atom. The summed E-state index contributed by atoms with van der Waals surface area (Å²) in [6, 6.07) is 18.2. The van der Waals surface area contributed by atoms with Crippen LogP contribution in [0.1, 0.15) is 25.0 Å². The molecule has 5 rings (SSSR count). The lowest BCUT2D eigenvalue weighted by atomic mass is 9.94. The minimum Gasteiger partial charge on any atom is -0.472 e. The second kappa shape index (κ2) is 8.44. The van der Waals surface area contributed by atoms with Crippen molar-refractivity contribution in [2.75, 3.05) is 29.9 Å². The molecule has 3 heterocycles. The predicted octanol–water partition coefficient (Wildman–Crippen LogP) is 5.02. The molecule has 1 aromatic heterocycles. The van der Waals surface area contributed by atoms with Crippen LogP contribution in [0.25, 0.3) is 16.7 Å². The van der Waals surface area contributed by atoms with Crippen LogP contribution in [0.3, 0.4) is 0 Å². The molecule has 0 saturated carbocycles. The molecule has 2 aliphatic rings. The summed E-state index contributed by atoms with van der Waals surface area (Å²) in [6.07, 6.45) is 7.52. The van der Waals surface area contributed by atoms with Crippen LogP contribution in [-0.4, -0.2) is 37.9 Å². The quantitative estimate of drug-likeness (QED) is 0.632. The summed E-state index contributed by atoms with van der Waals surface area (Å²) >= 11 is 0. The Labute approximate surface area is 183 Å². The second-order valence-corrected chi connectivity index (χ2v) is 8.52. The Bertz CT molecular complexity index is 1090. The van der Waals surface area contributed by atoms with Gasteiger partial charge in [0.05, 0.1) is 19.1 Å². The Morgan fingerprint density at radius 1 is 1.03 bits per heavy atom. The fraction of sp³-hybridized carbons (Fsp3) is 0.269. The van der Waals surface area contributed by atoms with Crippen molar-refractivity contribution in [3.05, 3.63) is 78.4 Å². The molecule has 1 fully saturated rings. The molecule has 0 amide bonds. The summed E-state index contributed by atoms with van der Waals surface area (Å²) in [5.74, 6) is 0. The fourth-order valence-corrected chi connectivity index (χ4v) is 4.48. The van der Waals surface area contributed by atoms with Gasteiger partial charge in [0.15, 0.2) is 0 Å². The predicted molar refractivity (Wildman–Crippen MR) is 129 cm³/mol. The first-order chi connectivity index (χ1) is 15.2. The normalized spacial score (nSPS) is 21.9. The van der Waals surface area contributed by atoms with E-state index >= 15 is 0 Å². The lowest BCUT2D eigenvalue weighted by Gasteiger charge is -2.37. The number of benzene rings is 2. The molecule has 2 aromatic carbocycles. The highest BCUT2D eigenvalue weighted by Gasteiger charge is 2.21. The maximum absolute atomic E-state index is 5.25. The van der Waals surface area contributed by atoms with Gasteiger partial charge in [0, 0.05) is 54.5 Å². The first-order valence-electron chi connectivity index (χ1n) is 10.9. The van der Waals surface area contributed by atoms with E-state index in [0.29, 0.717) is 18.6 Å². The molecule has 0 radical (unpaired) electrons. The second-order valence-electron chi connectivity index (χ2n) is 8.52. The Hall–Kier alpha value is -3.31. The van der Waals surface area contributed by atoms with Crippen molar-refractivity contribution in [3.63, 3.8) is 0 Å². The van der Waals surface area contributed by atoms with Gasteiger partial charge in [0.25, 0.3) is 0 Å². The third-order valence-electron chi connectivity index (χ3n) is 5.95. The van der Waals surface area contributed by atoms with Crippen LogP contribution in [0.2, 0.25) is 0 Å². The number of rotatable bonds is 4. The average molecular weight is 413 g/mol. The van der Waals surface area contributed by atoms with Gasteiger partial charge >= 0.3 is 0 Å². The monoisotopic (exact) mass is 412 g/mol. The molecule has 1 saturated heterocycles. The number of furan rings is 1. The van der Waals surface area contributed by atoms with Crippen molar-refractivity contribution in [2.45, 2.75) is 25.9 Å². The molecule has 2 N–H and O–H groups in total. The van der Waals surface area contributed by atoms with Gasteiger partial charge in [-0.15, -0.1) is 0 Å². The van der Waals surface area contributed by atoms with Crippen molar-refractivity contribution in [3.8, 4) is 11.1 Å². The molecule has 3 aromatic rings. The summed E-state index contributed by atoms with van der Waals surface area (Å²) < 4.78 is 5.25. The molecular weight excluding hydrogens is 384 g/mol. The molecule has 158 valence electrons. The summed E-state index contributed by atoms with van der Waals surface area (Å²) in [6.45, 7) is 7.23. The molecule has 5 heteroatoms. The van der Waals surface area contributed by atoms with E-state index in [1.165, 1.54) is 16.8 Å². The summed E-state index contributed by atoms with van der Waals surface area (Å²) in [5, 5.41) is 7.06. The van der Waals surface area contributed by atoms with Crippen LogP contribution in [0.15, 0.2) is 76.7 Å². The number of fused-ring (bicyclic) bond motifs is 1. The van der Waals surface area contributed by atoms with Gasteiger partial charge in [-0.05, 0) is 72.5 Å². The Kier molecular flexibility index (Phi) is 5.35. The summed E-state index contributed by atoms with van der Waals surface area (Å²) in [4.78, 5) is 6.99. The van der Waals surface area contributed by atoms with Crippen molar-refractivity contribution in [1.82, 2.24) is 5.32 Å². The standard InChI is InChI=1S/C26H28N4O/c1-18-15-30(16-19(2)29-18)25-7-5-24(6-8-25)28-14-23-13-27-12-21-4-3-20(11-26(21)23)22-9-10-31-17-22/h3-12,14,17-19,28-29H,13,15-16H2,1-2H3/b23-14+. The zero-order valence-electron chi connectivity index (χ0n) is 18.0. The van der Waals surface area contributed by atoms with Crippen LogP contribution in [0.4, 0.5) is 11.4 Å². The van der Waals surface area contributed by atoms with Crippen molar-refractivity contribution < 1.29 is 4.42 Å². The zero-order valence-corrected chi connectivity index (χ0v) is 18.0. The van der Waals surface area contributed by atoms with E-state index in [-0.39, 0.29) is 0 Å². The number of hydrogen-bond acceptors (Lipinski definition) is 5. The highest BCUT2D eigenvalue weighted by Crippen LogP contribution is 2.29. The molecule has 2 atom stereocenters. The average Bonchev–Trinajstić information content (AvgIpc) is 3.32. The largest absolute Gasteiger partial charge is 0.472 e. The van der Waals surface area contributed by atoms with E-state index in [9.17, 15) is 0 Å². The topological polar surface area (TPSA) is 52.8 Å². The number of piperazine rings is 1. The van der Waals surface area contributed by atoms with Crippen LogP contribution >= 0.6 is 0 Å². The van der Waals surface area contributed by atoms with Crippen molar-refractivity contribution in [2.24, 2.45) is 4.99 Å². The van der Waals surface area contributed by atoms with E-state index in [2.05, 4.69) is 83.0 Å². The number of nitrogens with one attached hydrogen (secondary N) is 2. The molecule has 5 nitrogen and oxygen atoms in total. The molecule has 2 aliphatic heterocycles. The van der Waals surface area contributed by atoms with Gasteiger partial charge < -0.3 is 20.0 Å². The van der Waals surface area contributed by atoms with Crippen LogP contribution in [-0.2, 0) is 0 Å². The Morgan fingerprint density at radius 2 is 1.84 bits per heavy atom. The van der Waals surface area contributed by atoms with Gasteiger partial charge in [-0.1, -0.05) is 12.1 Å². The number of nitrogens with zero attached hydrogens (tertiary/aromatic N) is 2.